The van der Waals surface area contributed by atoms with Gasteiger partial charge < -0.3 is 10.2 Å². The van der Waals surface area contributed by atoms with Gasteiger partial charge >= 0.3 is 0 Å². The second-order valence-electron chi connectivity index (χ2n) is 6.28. The molecule has 0 spiro atoms. The number of nitrogens with one attached hydrogen (secondary N) is 1. The van der Waals surface area contributed by atoms with Gasteiger partial charge in [0.15, 0.2) is 0 Å². The van der Waals surface area contributed by atoms with Crippen molar-refractivity contribution in [2.75, 3.05) is 20.6 Å². The van der Waals surface area contributed by atoms with E-state index >= 15 is 0 Å². The predicted octanol–water partition coefficient (Wildman–Crippen LogP) is 3.37. The SMILES string of the molecule is CCCC(NCC(C)(C)N(C)C)c1cccc([N+](=O)[O-])c1. The van der Waals surface area contributed by atoms with Crippen LogP contribution < -0.4 is 5.32 Å². The maximum atomic E-state index is 10.9. The molecule has 1 aromatic rings. The molecule has 0 saturated carbocycles. The van der Waals surface area contributed by atoms with Crippen LogP contribution >= 0.6 is 0 Å². The smallest absolute Gasteiger partial charge is 0.269 e. The third kappa shape index (κ3) is 5.10. The number of benzene rings is 1. The highest BCUT2D eigenvalue weighted by molar-refractivity contribution is 5.35. The number of nitrogens with zero attached hydrogens (tertiary/aromatic N) is 2. The van der Waals surface area contributed by atoms with Crippen LogP contribution in [-0.4, -0.2) is 36.0 Å². The first-order valence-electron chi connectivity index (χ1n) is 7.43. The lowest BCUT2D eigenvalue weighted by Gasteiger charge is -2.34. The van der Waals surface area contributed by atoms with Crippen molar-refractivity contribution in [2.24, 2.45) is 0 Å². The Morgan fingerprint density at radius 1 is 1.38 bits per heavy atom. The fraction of sp³-hybridized carbons (Fsp3) is 0.625. The molecular formula is C16H27N3O2. The largest absolute Gasteiger partial charge is 0.308 e. The Labute approximate surface area is 127 Å². The summed E-state index contributed by atoms with van der Waals surface area (Å²) >= 11 is 0. The molecule has 1 N–H and O–H groups in total. The van der Waals surface area contributed by atoms with Crippen molar-refractivity contribution < 1.29 is 4.92 Å². The zero-order chi connectivity index (χ0) is 16.0. The van der Waals surface area contributed by atoms with E-state index in [9.17, 15) is 10.1 Å². The van der Waals surface area contributed by atoms with Gasteiger partial charge in [-0.1, -0.05) is 25.5 Å². The molecule has 0 heterocycles. The summed E-state index contributed by atoms with van der Waals surface area (Å²) in [6, 6.07) is 7.08. The fourth-order valence-electron chi connectivity index (χ4n) is 2.06. The summed E-state index contributed by atoms with van der Waals surface area (Å²) in [5.74, 6) is 0. The molecule has 0 aliphatic rings. The molecule has 5 nitrogen and oxygen atoms in total. The summed E-state index contributed by atoms with van der Waals surface area (Å²) in [6.45, 7) is 7.31. The van der Waals surface area contributed by atoms with E-state index in [1.54, 1.807) is 12.1 Å². The van der Waals surface area contributed by atoms with Crippen LogP contribution in [0.2, 0.25) is 0 Å². The molecular weight excluding hydrogens is 266 g/mol. The van der Waals surface area contributed by atoms with Crippen molar-refractivity contribution in [3.05, 3.63) is 39.9 Å². The number of nitro benzene ring substituents is 1. The Balaban J connectivity index is 2.86. The van der Waals surface area contributed by atoms with Gasteiger partial charge in [0.05, 0.1) is 4.92 Å². The number of nitro groups is 1. The Hall–Kier alpha value is -1.46. The number of likely N-dealkylation sites (N-methyl/N-ethyl adjacent to an activating group) is 1. The molecule has 0 saturated heterocycles. The van der Waals surface area contributed by atoms with Crippen LogP contribution in [0.4, 0.5) is 5.69 Å². The highest BCUT2D eigenvalue weighted by atomic mass is 16.6. The second kappa shape index (κ2) is 7.52. The molecule has 1 rings (SSSR count). The van der Waals surface area contributed by atoms with E-state index in [2.05, 4.69) is 45.1 Å². The van der Waals surface area contributed by atoms with Crippen molar-refractivity contribution in [1.29, 1.82) is 0 Å². The maximum absolute atomic E-state index is 10.9. The summed E-state index contributed by atoms with van der Waals surface area (Å²) in [4.78, 5) is 12.8. The van der Waals surface area contributed by atoms with Gasteiger partial charge in [0.1, 0.15) is 0 Å². The zero-order valence-electron chi connectivity index (χ0n) is 13.7. The van der Waals surface area contributed by atoms with Gasteiger partial charge in [-0.25, -0.2) is 0 Å². The number of non-ortho nitro benzene ring substituents is 1. The summed E-state index contributed by atoms with van der Waals surface area (Å²) in [5, 5.41) is 14.5. The van der Waals surface area contributed by atoms with Crippen LogP contribution in [0.3, 0.4) is 0 Å². The number of hydrogen-bond donors (Lipinski definition) is 1. The lowest BCUT2D eigenvalue weighted by molar-refractivity contribution is -0.384. The van der Waals surface area contributed by atoms with Crippen LogP contribution in [0.15, 0.2) is 24.3 Å². The van der Waals surface area contributed by atoms with E-state index in [1.807, 2.05) is 6.07 Å². The predicted molar refractivity (Wildman–Crippen MR) is 86.5 cm³/mol. The van der Waals surface area contributed by atoms with Crippen molar-refractivity contribution in [3.63, 3.8) is 0 Å². The van der Waals surface area contributed by atoms with Gasteiger partial charge in [-0.2, -0.15) is 0 Å². The van der Waals surface area contributed by atoms with Crippen LogP contribution in [0.25, 0.3) is 0 Å². The van der Waals surface area contributed by atoms with Gasteiger partial charge in [-0.3, -0.25) is 10.1 Å². The van der Waals surface area contributed by atoms with E-state index in [4.69, 9.17) is 0 Å². The molecule has 5 heteroatoms. The van der Waals surface area contributed by atoms with Gasteiger partial charge in [-0.15, -0.1) is 0 Å². The van der Waals surface area contributed by atoms with E-state index in [0.717, 1.165) is 24.9 Å². The third-order valence-corrected chi connectivity index (χ3v) is 4.05. The van der Waals surface area contributed by atoms with E-state index < -0.39 is 0 Å². The first-order valence-corrected chi connectivity index (χ1v) is 7.43. The fourth-order valence-corrected chi connectivity index (χ4v) is 2.06. The Morgan fingerprint density at radius 2 is 2.05 bits per heavy atom. The minimum Gasteiger partial charge on any atom is -0.308 e. The highest BCUT2D eigenvalue weighted by Gasteiger charge is 2.22. The molecule has 0 fully saturated rings. The lowest BCUT2D eigenvalue weighted by Crippen LogP contribution is -2.47. The molecule has 0 amide bonds. The minimum atomic E-state index is -0.337. The lowest BCUT2D eigenvalue weighted by atomic mass is 9.98. The second-order valence-corrected chi connectivity index (χ2v) is 6.28. The standard InChI is InChI=1S/C16H27N3O2/c1-6-8-15(17-12-16(2,3)18(4)5)13-9-7-10-14(11-13)19(20)21/h7,9-11,15,17H,6,8,12H2,1-5H3. The topological polar surface area (TPSA) is 58.4 Å². The maximum Gasteiger partial charge on any atom is 0.269 e. The normalized spacial score (nSPS) is 13.4. The number of rotatable bonds is 8. The van der Waals surface area contributed by atoms with Gasteiger partial charge in [0.25, 0.3) is 5.69 Å². The van der Waals surface area contributed by atoms with Gasteiger partial charge in [-0.05, 0) is 39.9 Å². The van der Waals surface area contributed by atoms with E-state index in [0.29, 0.717) is 0 Å². The summed E-state index contributed by atoms with van der Waals surface area (Å²) in [6.07, 6.45) is 1.99. The molecule has 0 bridgehead atoms. The van der Waals surface area contributed by atoms with Gasteiger partial charge in [0.2, 0.25) is 0 Å². The monoisotopic (exact) mass is 293 g/mol. The van der Waals surface area contributed by atoms with Crippen LogP contribution in [0, 0.1) is 10.1 Å². The molecule has 0 aromatic heterocycles. The molecule has 118 valence electrons. The summed E-state index contributed by atoms with van der Waals surface area (Å²) in [7, 11) is 4.12. The van der Waals surface area contributed by atoms with Crippen molar-refractivity contribution in [3.8, 4) is 0 Å². The summed E-state index contributed by atoms with van der Waals surface area (Å²) in [5.41, 5.74) is 1.18. The van der Waals surface area contributed by atoms with Crippen molar-refractivity contribution >= 4 is 5.69 Å². The molecule has 1 unspecified atom stereocenters. The quantitative estimate of drug-likeness (QED) is 0.590. The van der Waals surface area contributed by atoms with Crippen molar-refractivity contribution in [2.45, 2.75) is 45.2 Å². The van der Waals surface area contributed by atoms with Crippen molar-refractivity contribution in [1.82, 2.24) is 10.2 Å². The Morgan fingerprint density at radius 3 is 2.57 bits per heavy atom. The van der Waals surface area contributed by atoms with Crippen LogP contribution in [0.5, 0.6) is 0 Å². The average molecular weight is 293 g/mol. The van der Waals surface area contributed by atoms with Gasteiger partial charge in [0, 0.05) is 30.3 Å². The molecule has 0 radical (unpaired) electrons. The number of hydrogen-bond acceptors (Lipinski definition) is 4. The van der Waals surface area contributed by atoms with Crippen LogP contribution in [0.1, 0.15) is 45.2 Å². The highest BCUT2D eigenvalue weighted by Crippen LogP contribution is 2.23. The molecule has 21 heavy (non-hydrogen) atoms. The Bertz CT molecular complexity index is 472. The Kier molecular flexibility index (Phi) is 6.30. The molecule has 1 aromatic carbocycles. The zero-order valence-corrected chi connectivity index (χ0v) is 13.7. The van der Waals surface area contributed by atoms with Crippen LogP contribution in [-0.2, 0) is 0 Å². The minimum absolute atomic E-state index is 0.0344. The summed E-state index contributed by atoms with van der Waals surface area (Å²) < 4.78 is 0. The van der Waals surface area contributed by atoms with E-state index in [1.165, 1.54) is 6.07 Å². The van der Waals surface area contributed by atoms with E-state index in [-0.39, 0.29) is 22.2 Å². The third-order valence-electron chi connectivity index (χ3n) is 4.05. The average Bonchev–Trinajstić information content (AvgIpc) is 2.43. The molecule has 0 aliphatic heterocycles. The molecule has 0 aliphatic carbocycles. The first kappa shape index (κ1) is 17.6. The first-order chi connectivity index (χ1) is 9.77. The molecule has 1 atom stereocenters.